The van der Waals surface area contributed by atoms with Gasteiger partial charge in [-0.05, 0) is 26.0 Å². The Kier molecular flexibility index (Phi) is 4.26. The predicted molar refractivity (Wildman–Crippen MR) is 88.0 cm³/mol. The fraction of sp³-hybridized carbons (Fsp3) is 0.400. The largest absolute Gasteiger partial charge is 0.354 e. The van der Waals surface area contributed by atoms with Gasteiger partial charge in [-0.1, -0.05) is 0 Å². The molecule has 0 bridgehead atoms. The van der Waals surface area contributed by atoms with Crippen LogP contribution in [0.15, 0.2) is 23.2 Å². The topological polar surface area (TPSA) is 106 Å². The number of aromatic nitrogens is 3. The first-order chi connectivity index (χ1) is 11.4. The van der Waals surface area contributed by atoms with Gasteiger partial charge in [-0.2, -0.15) is 14.7 Å². The highest BCUT2D eigenvalue weighted by atomic mass is 32.2. The summed E-state index contributed by atoms with van der Waals surface area (Å²) in [5, 5.41) is 15.5. The van der Waals surface area contributed by atoms with E-state index >= 15 is 0 Å². The molecule has 126 valence electrons. The van der Waals surface area contributed by atoms with Gasteiger partial charge in [-0.3, -0.25) is 5.10 Å². The molecule has 1 saturated heterocycles. The third kappa shape index (κ3) is 2.86. The van der Waals surface area contributed by atoms with Gasteiger partial charge in [0, 0.05) is 32.4 Å². The number of H-pyrrole nitrogens is 1. The van der Waals surface area contributed by atoms with Crippen molar-refractivity contribution in [3.05, 3.63) is 35.3 Å². The van der Waals surface area contributed by atoms with E-state index in [-0.39, 0.29) is 4.90 Å². The van der Waals surface area contributed by atoms with E-state index in [0.717, 1.165) is 5.82 Å². The highest BCUT2D eigenvalue weighted by Gasteiger charge is 2.32. The first-order valence-electron chi connectivity index (χ1n) is 7.56. The molecule has 1 N–H and O–H groups in total. The van der Waals surface area contributed by atoms with Crippen LogP contribution < -0.4 is 4.90 Å². The lowest BCUT2D eigenvalue weighted by Gasteiger charge is -2.34. The van der Waals surface area contributed by atoms with Gasteiger partial charge in [0.25, 0.3) is 0 Å². The number of nitrogens with one attached hydrogen (secondary N) is 1. The SMILES string of the molecule is Cc1n[nH]c(C)c1S(=O)(=O)N1CCN(c2ccc(C#N)cn2)CC1. The Balaban J connectivity index is 1.74. The van der Waals surface area contributed by atoms with Gasteiger partial charge in [-0.25, -0.2) is 13.4 Å². The Labute approximate surface area is 140 Å². The summed E-state index contributed by atoms with van der Waals surface area (Å²) in [5.74, 6) is 0.752. The number of anilines is 1. The molecule has 0 atom stereocenters. The Hall–Kier alpha value is -2.44. The first-order valence-corrected chi connectivity index (χ1v) is 9.00. The van der Waals surface area contributed by atoms with Gasteiger partial charge in [0.05, 0.1) is 17.0 Å². The van der Waals surface area contributed by atoms with Crippen molar-refractivity contribution in [3.63, 3.8) is 0 Å². The van der Waals surface area contributed by atoms with Crippen molar-refractivity contribution in [1.82, 2.24) is 19.5 Å². The summed E-state index contributed by atoms with van der Waals surface area (Å²) in [7, 11) is -3.55. The number of rotatable bonds is 3. The summed E-state index contributed by atoms with van der Waals surface area (Å²) in [6, 6.07) is 5.53. The quantitative estimate of drug-likeness (QED) is 0.881. The predicted octanol–water partition coefficient (Wildman–Crippen LogP) is 0.804. The lowest BCUT2D eigenvalue weighted by atomic mass is 10.3. The van der Waals surface area contributed by atoms with Gasteiger partial charge >= 0.3 is 0 Å². The zero-order valence-electron chi connectivity index (χ0n) is 13.5. The molecule has 1 fully saturated rings. The van der Waals surface area contributed by atoms with Crippen LogP contribution in [-0.2, 0) is 10.0 Å². The third-order valence-electron chi connectivity index (χ3n) is 4.10. The van der Waals surface area contributed by atoms with Crippen molar-refractivity contribution in [2.45, 2.75) is 18.7 Å². The van der Waals surface area contributed by atoms with Crippen molar-refractivity contribution < 1.29 is 8.42 Å². The highest BCUT2D eigenvalue weighted by Crippen LogP contribution is 2.23. The summed E-state index contributed by atoms with van der Waals surface area (Å²) >= 11 is 0. The number of aryl methyl sites for hydroxylation is 2. The second-order valence-corrected chi connectivity index (χ2v) is 7.55. The maximum atomic E-state index is 12.8. The van der Waals surface area contributed by atoms with Gasteiger partial charge in [0.15, 0.2) is 0 Å². The molecule has 3 heterocycles. The molecule has 1 aliphatic heterocycles. The van der Waals surface area contributed by atoms with Crippen molar-refractivity contribution in [3.8, 4) is 6.07 Å². The summed E-state index contributed by atoms with van der Waals surface area (Å²) < 4.78 is 27.1. The number of hydrogen-bond donors (Lipinski definition) is 1. The minimum Gasteiger partial charge on any atom is -0.354 e. The molecule has 0 saturated carbocycles. The van der Waals surface area contributed by atoms with Crippen LogP contribution in [0.2, 0.25) is 0 Å². The van der Waals surface area contributed by atoms with E-state index in [1.165, 1.54) is 10.5 Å². The molecule has 2 aromatic heterocycles. The second kappa shape index (κ2) is 6.22. The molecule has 8 nitrogen and oxygen atoms in total. The molecule has 0 spiro atoms. The number of piperazine rings is 1. The average Bonchev–Trinajstić information content (AvgIpc) is 2.94. The lowest BCUT2D eigenvalue weighted by molar-refractivity contribution is 0.383. The minimum atomic E-state index is -3.55. The van der Waals surface area contributed by atoms with Crippen molar-refractivity contribution in [1.29, 1.82) is 5.26 Å². The first kappa shape index (κ1) is 16.4. The molecule has 0 amide bonds. The van der Waals surface area contributed by atoms with E-state index in [4.69, 9.17) is 5.26 Å². The maximum Gasteiger partial charge on any atom is 0.246 e. The summed E-state index contributed by atoms with van der Waals surface area (Å²) in [5.41, 5.74) is 1.55. The van der Waals surface area contributed by atoms with Crippen molar-refractivity contribution in [2.24, 2.45) is 0 Å². The number of hydrogen-bond acceptors (Lipinski definition) is 6. The Morgan fingerprint density at radius 3 is 2.42 bits per heavy atom. The van der Waals surface area contributed by atoms with Crippen LogP contribution in [-0.4, -0.2) is 54.1 Å². The van der Waals surface area contributed by atoms with Crippen molar-refractivity contribution in [2.75, 3.05) is 31.1 Å². The molecule has 2 aromatic rings. The summed E-state index contributed by atoms with van der Waals surface area (Å²) in [4.78, 5) is 6.55. The summed E-state index contributed by atoms with van der Waals surface area (Å²) in [6.45, 7) is 5.27. The molecule has 0 radical (unpaired) electrons. The highest BCUT2D eigenvalue weighted by molar-refractivity contribution is 7.89. The molecule has 9 heteroatoms. The van der Waals surface area contributed by atoms with Crippen LogP contribution in [0.1, 0.15) is 17.0 Å². The Morgan fingerprint density at radius 2 is 1.92 bits per heavy atom. The standard InChI is InChI=1S/C15H18N6O2S/c1-11-15(12(2)19-18-11)24(22,23)21-7-5-20(6-8-21)14-4-3-13(9-16)10-17-14/h3-4,10H,5-8H2,1-2H3,(H,18,19). The minimum absolute atomic E-state index is 0.271. The number of aromatic amines is 1. The number of nitrogens with zero attached hydrogens (tertiary/aromatic N) is 5. The van der Waals surface area contributed by atoms with E-state index in [1.807, 2.05) is 11.0 Å². The van der Waals surface area contributed by atoms with E-state index < -0.39 is 10.0 Å². The monoisotopic (exact) mass is 346 g/mol. The van der Waals surface area contributed by atoms with E-state index in [0.29, 0.717) is 43.1 Å². The average molecular weight is 346 g/mol. The summed E-state index contributed by atoms with van der Waals surface area (Å²) in [6.07, 6.45) is 1.52. The molecular weight excluding hydrogens is 328 g/mol. The molecule has 0 aromatic carbocycles. The molecule has 3 rings (SSSR count). The van der Waals surface area contributed by atoms with Crippen molar-refractivity contribution >= 4 is 15.8 Å². The van der Waals surface area contributed by atoms with Crippen LogP contribution in [0.4, 0.5) is 5.82 Å². The van der Waals surface area contributed by atoms with Crippen LogP contribution in [0.3, 0.4) is 0 Å². The zero-order valence-corrected chi connectivity index (χ0v) is 14.3. The van der Waals surface area contributed by atoms with Crippen LogP contribution in [0.5, 0.6) is 0 Å². The molecular formula is C15H18N6O2S. The molecule has 0 aliphatic carbocycles. The molecule has 0 unspecified atom stereocenters. The van der Waals surface area contributed by atoms with Gasteiger partial charge in [0.1, 0.15) is 16.8 Å². The fourth-order valence-electron chi connectivity index (χ4n) is 2.85. The third-order valence-corrected chi connectivity index (χ3v) is 6.26. The normalized spacial score (nSPS) is 16.1. The van der Waals surface area contributed by atoms with E-state index in [1.54, 1.807) is 26.0 Å². The number of sulfonamides is 1. The van der Waals surface area contributed by atoms with Crippen LogP contribution >= 0.6 is 0 Å². The number of nitriles is 1. The smallest absolute Gasteiger partial charge is 0.246 e. The maximum absolute atomic E-state index is 12.8. The number of pyridine rings is 1. The fourth-order valence-corrected chi connectivity index (χ4v) is 4.60. The lowest BCUT2D eigenvalue weighted by Crippen LogP contribution is -2.49. The van der Waals surface area contributed by atoms with E-state index in [9.17, 15) is 8.42 Å². The van der Waals surface area contributed by atoms with Crippen LogP contribution in [0.25, 0.3) is 0 Å². The molecule has 24 heavy (non-hydrogen) atoms. The van der Waals surface area contributed by atoms with Gasteiger partial charge in [0.2, 0.25) is 10.0 Å². The zero-order chi connectivity index (χ0) is 17.3. The van der Waals surface area contributed by atoms with E-state index in [2.05, 4.69) is 15.2 Å². The van der Waals surface area contributed by atoms with Gasteiger partial charge in [-0.15, -0.1) is 0 Å². The van der Waals surface area contributed by atoms with Gasteiger partial charge < -0.3 is 4.90 Å². The Morgan fingerprint density at radius 1 is 1.21 bits per heavy atom. The molecule has 1 aliphatic rings. The second-order valence-electron chi connectivity index (χ2n) is 5.67. The van der Waals surface area contributed by atoms with Crippen LogP contribution in [0, 0.1) is 25.2 Å². The Bertz CT molecular complexity index is 854.